The number of nitro groups is 2. The Labute approximate surface area is 162 Å². The van der Waals surface area contributed by atoms with Crippen LogP contribution in [0.15, 0.2) is 59.7 Å². The van der Waals surface area contributed by atoms with Crippen molar-refractivity contribution in [1.29, 1.82) is 0 Å². The Bertz CT molecular complexity index is 1270. The number of non-ortho nitro benzene ring substituents is 2. The molecule has 4 rings (SSSR count). The molecule has 0 unspecified atom stereocenters. The normalized spacial score (nSPS) is 13.3. The fourth-order valence-electron chi connectivity index (χ4n) is 3.13. The minimum atomic E-state index is -0.816. The first-order valence-corrected chi connectivity index (χ1v) is 8.25. The molecule has 29 heavy (non-hydrogen) atoms. The summed E-state index contributed by atoms with van der Waals surface area (Å²) in [7, 11) is 0. The average Bonchev–Trinajstić information content (AvgIpc) is 2.71. The highest BCUT2D eigenvalue weighted by atomic mass is 16.6. The van der Waals surface area contributed by atoms with E-state index in [-0.39, 0.29) is 22.5 Å². The number of carbonyl (C=O) groups is 2. The Balaban J connectivity index is 1.80. The third kappa shape index (κ3) is 2.98. The molecule has 0 atom stereocenters. The van der Waals surface area contributed by atoms with Crippen molar-refractivity contribution in [1.82, 2.24) is 5.01 Å². The number of rotatable bonds is 4. The highest BCUT2D eigenvalue weighted by molar-refractivity contribution is 6.25. The van der Waals surface area contributed by atoms with Crippen molar-refractivity contribution in [2.24, 2.45) is 5.10 Å². The van der Waals surface area contributed by atoms with Crippen LogP contribution in [0.25, 0.3) is 10.8 Å². The van der Waals surface area contributed by atoms with Crippen molar-refractivity contribution in [3.8, 4) is 0 Å². The monoisotopic (exact) mass is 390 g/mol. The van der Waals surface area contributed by atoms with Gasteiger partial charge in [0.2, 0.25) is 0 Å². The molecule has 142 valence electrons. The van der Waals surface area contributed by atoms with Crippen molar-refractivity contribution in [3.63, 3.8) is 0 Å². The number of hydrogen-bond donors (Lipinski definition) is 0. The maximum absolute atomic E-state index is 12.8. The predicted molar refractivity (Wildman–Crippen MR) is 102 cm³/mol. The third-order valence-corrected chi connectivity index (χ3v) is 4.42. The number of imide groups is 1. The number of hydrazone groups is 1. The Kier molecular flexibility index (Phi) is 4.08. The van der Waals surface area contributed by atoms with Gasteiger partial charge >= 0.3 is 0 Å². The van der Waals surface area contributed by atoms with Crippen LogP contribution in [0.4, 0.5) is 11.4 Å². The van der Waals surface area contributed by atoms with Crippen LogP contribution in [0.3, 0.4) is 0 Å². The maximum atomic E-state index is 12.8. The number of nitro benzene ring substituents is 2. The van der Waals surface area contributed by atoms with Gasteiger partial charge in [0, 0.05) is 35.2 Å². The van der Waals surface area contributed by atoms with Gasteiger partial charge in [0.25, 0.3) is 23.2 Å². The molecule has 2 amide bonds. The van der Waals surface area contributed by atoms with Crippen molar-refractivity contribution in [2.45, 2.75) is 0 Å². The second kappa shape index (κ2) is 6.60. The molecular weight excluding hydrogens is 380 g/mol. The van der Waals surface area contributed by atoms with Crippen molar-refractivity contribution in [3.05, 3.63) is 91.5 Å². The third-order valence-electron chi connectivity index (χ3n) is 4.42. The lowest BCUT2D eigenvalue weighted by Crippen LogP contribution is -2.36. The van der Waals surface area contributed by atoms with Crippen LogP contribution in [0.5, 0.6) is 0 Å². The summed E-state index contributed by atoms with van der Waals surface area (Å²) in [5.74, 6) is -1.51. The maximum Gasteiger partial charge on any atom is 0.282 e. The predicted octanol–water partition coefficient (Wildman–Crippen LogP) is 3.29. The van der Waals surface area contributed by atoms with E-state index in [4.69, 9.17) is 0 Å². The van der Waals surface area contributed by atoms with E-state index >= 15 is 0 Å². The summed E-state index contributed by atoms with van der Waals surface area (Å²) in [4.78, 5) is 46.5. The van der Waals surface area contributed by atoms with E-state index in [1.54, 1.807) is 12.1 Å². The lowest BCUT2D eigenvalue weighted by molar-refractivity contribution is -0.385. The Morgan fingerprint density at radius 3 is 2.24 bits per heavy atom. The van der Waals surface area contributed by atoms with E-state index in [0.717, 1.165) is 12.3 Å². The van der Waals surface area contributed by atoms with Crippen LogP contribution in [0, 0.1) is 20.2 Å². The van der Waals surface area contributed by atoms with Crippen molar-refractivity contribution in [2.75, 3.05) is 0 Å². The van der Waals surface area contributed by atoms with Gasteiger partial charge in [0.1, 0.15) is 0 Å². The lowest BCUT2D eigenvalue weighted by atomic mass is 9.94. The first-order chi connectivity index (χ1) is 13.9. The number of carbonyl (C=O) groups excluding carboxylic acids is 2. The molecule has 0 saturated carbocycles. The molecule has 1 aliphatic rings. The molecule has 0 fully saturated rings. The SMILES string of the molecule is O=C1c2cccc3cc([N+](=O)[O-])cc(c23)C(=O)N1/N=C/c1cccc([N+](=O)[O-])c1. The molecule has 3 aromatic carbocycles. The second-order valence-electron chi connectivity index (χ2n) is 6.17. The first-order valence-electron chi connectivity index (χ1n) is 8.25. The Morgan fingerprint density at radius 1 is 0.828 bits per heavy atom. The van der Waals surface area contributed by atoms with E-state index in [1.165, 1.54) is 36.4 Å². The summed E-state index contributed by atoms with van der Waals surface area (Å²) >= 11 is 0. The lowest BCUT2D eigenvalue weighted by Gasteiger charge is -2.22. The van der Waals surface area contributed by atoms with E-state index in [9.17, 15) is 29.8 Å². The molecule has 1 aliphatic heterocycles. The van der Waals surface area contributed by atoms with Crippen LogP contribution >= 0.6 is 0 Å². The van der Waals surface area contributed by atoms with Crippen LogP contribution in [-0.2, 0) is 0 Å². The largest absolute Gasteiger partial charge is 0.282 e. The van der Waals surface area contributed by atoms with E-state index in [0.29, 0.717) is 21.3 Å². The zero-order valence-electron chi connectivity index (χ0n) is 14.5. The average molecular weight is 390 g/mol. The number of nitrogens with zero attached hydrogens (tertiary/aromatic N) is 4. The summed E-state index contributed by atoms with van der Waals surface area (Å²) in [6, 6.07) is 12.5. The van der Waals surface area contributed by atoms with Gasteiger partial charge in [-0.15, -0.1) is 0 Å². The van der Waals surface area contributed by atoms with E-state index < -0.39 is 21.7 Å². The molecule has 0 radical (unpaired) electrons. The van der Waals surface area contributed by atoms with Crippen LogP contribution < -0.4 is 0 Å². The molecule has 10 heteroatoms. The molecule has 0 spiro atoms. The molecule has 3 aromatic rings. The number of amides is 2. The molecule has 0 aromatic heterocycles. The smallest absolute Gasteiger partial charge is 0.267 e. The van der Waals surface area contributed by atoms with Crippen LogP contribution in [-0.4, -0.2) is 32.9 Å². The summed E-state index contributed by atoms with van der Waals surface area (Å²) in [6.07, 6.45) is 1.14. The highest BCUT2D eigenvalue weighted by Crippen LogP contribution is 2.33. The topological polar surface area (TPSA) is 136 Å². The molecule has 0 bridgehead atoms. The van der Waals surface area contributed by atoms with E-state index in [1.807, 2.05) is 0 Å². The van der Waals surface area contributed by atoms with E-state index in [2.05, 4.69) is 5.10 Å². The van der Waals surface area contributed by atoms with Gasteiger partial charge in [-0.3, -0.25) is 29.8 Å². The molecule has 10 nitrogen and oxygen atoms in total. The number of hydrogen-bond acceptors (Lipinski definition) is 7. The molecular formula is C19H10N4O6. The van der Waals surface area contributed by atoms with Crippen molar-refractivity contribution < 1.29 is 19.4 Å². The molecule has 0 aliphatic carbocycles. The minimum Gasteiger partial charge on any atom is -0.267 e. The fraction of sp³-hybridized carbons (Fsp3) is 0. The second-order valence-corrected chi connectivity index (χ2v) is 6.17. The standard InChI is InChI=1S/C19H10N4O6/c24-18-15-6-2-4-12-8-14(23(28)29)9-16(17(12)15)19(25)21(18)20-10-11-3-1-5-13(7-11)22(26)27/h1-10H/b20-10+. The summed E-state index contributed by atoms with van der Waals surface area (Å²) in [5, 5.41) is 27.3. The Hall–Kier alpha value is -4.47. The zero-order valence-corrected chi connectivity index (χ0v) is 14.5. The number of benzene rings is 3. The molecule has 1 heterocycles. The quantitative estimate of drug-likeness (QED) is 0.290. The van der Waals surface area contributed by atoms with Gasteiger partial charge in [-0.25, -0.2) is 0 Å². The summed E-state index contributed by atoms with van der Waals surface area (Å²) in [5.41, 5.74) is 0.0255. The molecule has 0 saturated heterocycles. The summed E-state index contributed by atoms with van der Waals surface area (Å²) < 4.78 is 0. The molecule has 0 N–H and O–H groups in total. The van der Waals surface area contributed by atoms with Gasteiger partial charge in [-0.2, -0.15) is 10.1 Å². The van der Waals surface area contributed by atoms with Gasteiger partial charge in [0.15, 0.2) is 0 Å². The van der Waals surface area contributed by atoms with Gasteiger partial charge < -0.3 is 0 Å². The van der Waals surface area contributed by atoms with Crippen LogP contribution in [0.1, 0.15) is 26.3 Å². The van der Waals surface area contributed by atoms with Gasteiger partial charge in [-0.05, 0) is 11.5 Å². The summed E-state index contributed by atoms with van der Waals surface area (Å²) in [6.45, 7) is 0. The fourth-order valence-corrected chi connectivity index (χ4v) is 3.13. The van der Waals surface area contributed by atoms with Crippen LogP contribution in [0.2, 0.25) is 0 Å². The van der Waals surface area contributed by atoms with Gasteiger partial charge in [-0.1, -0.05) is 24.3 Å². The van der Waals surface area contributed by atoms with Crippen molar-refractivity contribution >= 4 is 40.2 Å². The van der Waals surface area contributed by atoms with Gasteiger partial charge in [0.05, 0.1) is 27.2 Å². The zero-order chi connectivity index (χ0) is 20.7. The highest BCUT2D eigenvalue weighted by Gasteiger charge is 2.34. The Morgan fingerprint density at radius 2 is 1.52 bits per heavy atom. The first kappa shape index (κ1) is 17.9. The minimum absolute atomic E-state index is 0.0133.